The van der Waals surface area contributed by atoms with Gasteiger partial charge in [-0.2, -0.15) is 0 Å². The van der Waals surface area contributed by atoms with Crippen molar-refractivity contribution in [3.8, 4) is 17.2 Å². The Hall–Kier alpha value is -4.13. The molecule has 1 aromatic heterocycles. The fraction of sp³-hybridized carbons (Fsp3) is 0.160. The predicted octanol–water partition coefficient (Wildman–Crippen LogP) is 4.83. The van der Waals surface area contributed by atoms with Gasteiger partial charge in [0.15, 0.2) is 11.5 Å². The zero-order valence-electron chi connectivity index (χ0n) is 19.9. The van der Waals surface area contributed by atoms with Crippen LogP contribution in [0.5, 0.6) is 17.2 Å². The summed E-state index contributed by atoms with van der Waals surface area (Å²) in [5.41, 5.74) is 2.59. The van der Waals surface area contributed by atoms with Gasteiger partial charge in [-0.15, -0.1) is 0 Å². The largest absolute Gasteiger partial charge is 0.772 e. The molecule has 11 nitrogen and oxygen atoms in total. The van der Waals surface area contributed by atoms with Crippen molar-refractivity contribution in [2.24, 2.45) is 0 Å². The second-order valence-electron chi connectivity index (χ2n) is 8.10. The molecule has 1 unspecified atom stereocenters. The van der Waals surface area contributed by atoms with Crippen LogP contribution in [0.2, 0.25) is 5.02 Å². The molecule has 13 heteroatoms. The molecular formula is C25H21ClN5O6S-. The number of ether oxygens (including phenoxy) is 3. The minimum Gasteiger partial charge on any atom is -0.772 e. The van der Waals surface area contributed by atoms with Crippen LogP contribution in [0.15, 0.2) is 54.9 Å². The Morgan fingerprint density at radius 3 is 2.66 bits per heavy atom. The molecule has 0 radical (unpaired) electrons. The molecule has 0 saturated carbocycles. The van der Waals surface area contributed by atoms with E-state index < -0.39 is 17.1 Å². The number of nitrogens with one attached hydrogen (secondary N) is 3. The Kier molecular flexibility index (Phi) is 7.45. The number of methoxy groups -OCH3 is 1. The number of amides is 2. The lowest BCUT2D eigenvalue weighted by molar-refractivity contribution is 0.167. The number of fused-ring (bicyclic) bond motifs is 3. The zero-order valence-corrected chi connectivity index (χ0v) is 21.5. The van der Waals surface area contributed by atoms with E-state index in [0.29, 0.717) is 69.8 Å². The lowest BCUT2D eigenvalue weighted by Gasteiger charge is -2.23. The van der Waals surface area contributed by atoms with Crippen LogP contribution in [0, 0.1) is 0 Å². The van der Waals surface area contributed by atoms with Crippen LogP contribution in [0.4, 0.5) is 27.7 Å². The summed E-state index contributed by atoms with van der Waals surface area (Å²) in [6.07, 6.45) is 1.42. The van der Waals surface area contributed by atoms with E-state index in [4.69, 9.17) is 25.8 Å². The smallest absolute Gasteiger partial charge is 0.323 e. The van der Waals surface area contributed by atoms with Crippen LogP contribution in [0.25, 0.3) is 10.9 Å². The number of hydrogen-bond donors (Lipinski definition) is 3. The number of benzene rings is 3. The molecule has 2 heterocycles. The van der Waals surface area contributed by atoms with Crippen molar-refractivity contribution in [3.05, 3.63) is 65.4 Å². The highest BCUT2D eigenvalue weighted by molar-refractivity contribution is 7.78. The van der Waals surface area contributed by atoms with E-state index in [2.05, 4.69) is 25.9 Å². The summed E-state index contributed by atoms with van der Waals surface area (Å²) in [4.78, 5) is 21.2. The highest BCUT2D eigenvalue weighted by Gasteiger charge is 2.24. The molecule has 1 aliphatic heterocycles. The first-order valence-corrected chi connectivity index (χ1v) is 12.9. The molecule has 2 amide bonds. The minimum atomic E-state index is -2.23. The van der Waals surface area contributed by atoms with Crippen LogP contribution in [0.3, 0.4) is 0 Å². The van der Waals surface area contributed by atoms with Gasteiger partial charge in [0.2, 0.25) is 5.75 Å². The zero-order chi connectivity index (χ0) is 26.6. The Balaban J connectivity index is 1.34. The number of urea groups is 1. The summed E-state index contributed by atoms with van der Waals surface area (Å²) in [5.74, 6) is 1.82. The molecule has 196 valence electrons. The van der Waals surface area contributed by atoms with Gasteiger partial charge in [-0.1, -0.05) is 34.8 Å². The first-order valence-electron chi connectivity index (χ1n) is 11.3. The van der Waals surface area contributed by atoms with E-state index in [9.17, 15) is 13.6 Å². The molecule has 4 aromatic rings. The summed E-state index contributed by atoms with van der Waals surface area (Å²) >= 11 is 4.23. The van der Waals surface area contributed by atoms with Crippen LogP contribution in [0.1, 0.15) is 5.56 Å². The standard InChI is InChI=1S/C25H22ClN5O6S/c1-35-20-11-19-21(23-22(20)36-7-8-37-23)24(28-13-27-19)29-16-5-6-18(17(26)10-16)31-25(32)30-15-4-2-3-14(9-15)12-38(33)34/h2-6,9-11,13H,7-8,12H2,1H3,(H,33,34)(H,27,28,29)(H2,30,31,32)/p-1. The molecule has 0 spiro atoms. The number of carbonyl (C=O) groups is 1. The van der Waals surface area contributed by atoms with Gasteiger partial charge in [0.1, 0.15) is 25.4 Å². The molecule has 1 aliphatic rings. The van der Waals surface area contributed by atoms with Crippen LogP contribution in [-0.2, 0) is 16.8 Å². The normalized spacial score (nSPS) is 13.0. The lowest BCUT2D eigenvalue weighted by Crippen LogP contribution is -2.19. The topological polar surface area (TPSA) is 147 Å². The molecule has 3 N–H and O–H groups in total. The monoisotopic (exact) mass is 554 g/mol. The van der Waals surface area contributed by atoms with Crippen molar-refractivity contribution in [2.45, 2.75) is 5.75 Å². The molecule has 0 fully saturated rings. The van der Waals surface area contributed by atoms with Crippen molar-refractivity contribution >= 4 is 62.5 Å². The Morgan fingerprint density at radius 2 is 1.89 bits per heavy atom. The number of anilines is 4. The molecule has 1 atom stereocenters. The van der Waals surface area contributed by atoms with Gasteiger partial charge < -0.3 is 34.7 Å². The van der Waals surface area contributed by atoms with Crippen LogP contribution < -0.4 is 30.2 Å². The van der Waals surface area contributed by atoms with E-state index in [1.165, 1.54) is 6.33 Å². The van der Waals surface area contributed by atoms with E-state index in [1.807, 2.05) is 0 Å². The molecular weight excluding hydrogens is 534 g/mol. The van der Waals surface area contributed by atoms with E-state index in [-0.39, 0.29) is 10.8 Å². The molecule has 0 saturated heterocycles. The fourth-order valence-corrected chi connectivity index (χ4v) is 4.63. The highest BCUT2D eigenvalue weighted by atomic mass is 35.5. The van der Waals surface area contributed by atoms with Gasteiger partial charge in [-0.05, 0) is 35.9 Å². The molecule has 5 rings (SSSR count). The Morgan fingerprint density at radius 1 is 1.08 bits per heavy atom. The fourth-order valence-electron chi connectivity index (χ4n) is 3.95. The third-order valence-electron chi connectivity index (χ3n) is 5.55. The predicted molar refractivity (Wildman–Crippen MR) is 144 cm³/mol. The van der Waals surface area contributed by atoms with Gasteiger partial charge in [0.25, 0.3) is 0 Å². The van der Waals surface area contributed by atoms with Gasteiger partial charge >= 0.3 is 6.03 Å². The van der Waals surface area contributed by atoms with Crippen molar-refractivity contribution in [3.63, 3.8) is 0 Å². The van der Waals surface area contributed by atoms with Gasteiger partial charge in [0.05, 0.1) is 28.7 Å². The molecule has 0 aliphatic carbocycles. The maximum absolute atomic E-state index is 12.5. The van der Waals surface area contributed by atoms with Gasteiger partial charge in [-0.25, -0.2) is 14.8 Å². The SMILES string of the molecule is COc1cc2ncnc(Nc3ccc(NC(=O)Nc4cccc(CS(=O)[O-])c4)c(Cl)c3)c2c2c1OCCO2. The maximum Gasteiger partial charge on any atom is 0.323 e. The first-order chi connectivity index (χ1) is 18.4. The second-order valence-corrected chi connectivity index (χ2v) is 9.40. The van der Waals surface area contributed by atoms with Crippen molar-refractivity contribution in [2.75, 3.05) is 36.3 Å². The Bertz CT molecular complexity index is 1550. The number of aromatic nitrogens is 2. The summed E-state index contributed by atoms with van der Waals surface area (Å²) < 4.78 is 39.0. The summed E-state index contributed by atoms with van der Waals surface area (Å²) in [6.45, 7) is 0.774. The van der Waals surface area contributed by atoms with E-state index in [0.717, 1.165) is 0 Å². The summed E-state index contributed by atoms with van der Waals surface area (Å²) in [6, 6.07) is 12.8. The van der Waals surface area contributed by atoms with Gasteiger partial charge in [-0.3, -0.25) is 4.21 Å². The quantitative estimate of drug-likeness (QED) is 0.273. The average Bonchev–Trinajstić information content (AvgIpc) is 2.89. The molecule has 0 bridgehead atoms. The van der Waals surface area contributed by atoms with Gasteiger partial charge in [0, 0.05) is 23.2 Å². The second kappa shape index (κ2) is 11.1. The molecule has 38 heavy (non-hydrogen) atoms. The first kappa shape index (κ1) is 25.5. The number of halogens is 1. The number of hydrogen-bond acceptors (Lipinski definition) is 9. The van der Waals surface area contributed by atoms with Crippen molar-refractivity contribution in [1.82, 2.24) is 9.97 Å². The van der Waals surface area contributed by atoms with Crippen molar-refractivity contribution in [1.29, 1.82) is 0 Å². The van der Waals surface area contributed by atoms with E-state index in [1.54, 1.807) is 55.6 Å². The third kappa shape index (κ3) is 5.57. The number of nitrogens with zero attached hydrogens (tertiary/aromatic N) is 2. The lowest BCUT2D eigenvalue weighted by atomic mass is 10.1. The minimum absolute atomic E-state index is 0.144. The Labute approximate surface area is 224 Å². The average molecular weight is 555 g/mol. The van der Waals surface area contributed by atoms with Crippen LogP contribution >= 0.6 is 11.6 Å². The summed E-state index contributed by atoms with van der Waals surface area (Å²) in [7, 11) is 1.55. The number of rotatable bonds is 7. The summed E-state index contributed by atoms with van der Waals surface area (Å²) in [5, 5.41) is 9.49. The van der Waals surface area contributed by atoms with Crippen LogP contribution in [-0.4, -0.2) is 45.1 Å². The van der Waals surface area contributed by atoms with E-state index >= 15 is 0 Å². The maximum atomic E-state index is 12.5. The number of carbonyl (C=O) groups excluding carboxylic acids is 1. The molecule has 3 aromatic carbocycles. The van der Waals surface area contributed by atoms with Crippen molar-refractivity contribution < 1.29 is 27.8 Å². The third-order valence-corrected chi connectivity index (χ3v) is 6.43. The highest BCUT2D eigenvalue weighted by Crippen LogP contribution is 2.47.